The molecule has 0 radical (unpaired) electrons. The fourth-order valence-corrected chi connectivity index (χ4v) is 9.84. The molecule has 0 fully saturated rings. The summed E-state index contributed by atoms with van der Waals surface area (Å²) < 4.78 is 2.44. The van der Waals surface area contributed by atoms with Crippen LogP contribution in [0.1, 0.15) is 67.4 Å². The zero-order valence-electron chi connectivity index (χ0n) is 30.5. The number of hydrogen-bond acceptors (Lipinski definition) is 1. The number of nitrogens with zero attached hydrogens (tertiary/aromatic N) is 2. The van der Waals surface area contributed by atoms with Crippen molar-refractivity contribution in [2.24, 2.45) is 4.99 Å². The molecule has 53 heavy (non-hydrogen) atoms. The van der Waals surface area contributed by atoms with E-state index in [2.05, 4.69) is 189 Å². The molecule has 8 aromatic rings. The van der Waals surface area contributed by atoms with Crippen LogP contribution >= 0.6 is 0 Å². The Morgan fingerprint density at radius 3 is 1.83 bits per heavy atom. The molecule has 11 rings (SSSR count). The van der Waals surface area contributed by atoms with Crippen molar-refractivity contribution in [3.63, 3.8) is 0 Å². The highest BCUT2D eigenvalue weighted by Gasteiger charge is 2.37. The molecule has 0 amide bonds. The largest absolute Gasteiger partial charge is 0.274 e. The van der Waals surface area contributed by atoms with Gasteiger partial charge in [-0.05, 0) is 98.1 Å². The number of hydrogen-bond donors (Lipinski definition) is 1. The molecule has 7 aromatic carbocycles. The average Bonchev–Trinajstić information content (AvgIpc) is 3.74. The molecule has 1 unspecified atom stereocenters. The molecule has 0 saturated carbocycles. The summed E-state index contributed by atoms with van der Waals surface area (Å²) in [4.78, 5) is 5.64. The predicted octanol–water partition coefficient (Wildman–Crippen LogP) is 11.3. The van der Waals surface area contributed by atoms with Crippen LogP contribution in [0.15, 0.2) is 157 Å². The van der Waals surface area contributed by atoms with Gasteiger partial charge in [0.15, 0.2) is 0 Å². The third-order valence-corrected chi connectivity index (χ3v) is 12.6. The second-order valence-electron chi connectivity index (χ2n) is 16.1. The molecule has 2 N–H and O–H groups in total. The van der Waals surface area contributed by atoms with Crippen LogP contribution in [0.2, 0.25) is 0 Å². The molecular formula is C50H40N3+. The molecule has 0 bridgehead atoms. The lowest BCUT2D eigenvalue weighted by Crippen LogP contribution is -2.82. The predicted molar refractivity (Wildman–Crippen MR) is 219 cm³/mol. The first-order valence-electron chi connectivity index (χ1n) is 18.8. The molecule has 0 spiro atoms. The summed E-state index contributed by atoms with van der Waals surface area (Å²) in [5, 5.41) is 4.84. The minimum absolute atomic E-state index is 0.00266. The van der Waals surface area contributed by atoms with E-state index in [-0.39, 0.29) is 17.1 Å². The van der Waals surface area contributed by atoms with Gasteiger partial charge in [-0.3, -0.25) is 9.88 Å². The van der Waals surface area contributed by atoms with E-state index in [1.807, 2.05) is 0 Å². The third-order valence-electron chi connectivity index (χ3n) is 12.6. The van der Waals surface area contributed by atoms with E-state index >= 15 is 0 Å². The van der Waals surface area contributed by atoms with Crippen molar-refractivity contribution in [2.45, 2.75) is 44.8 Å². The second-order valence-corrected chi connectivity index (χ2v) is 16.1. The molecular weight excluding hydrogens is 643 g/mol. The zero-order valence-corrected chi connectivity index (χ0v) is 30.5. The summed E-state index contributed by atoms with van der Waals surface area (Å²) in [6, 6.07) is 56.4. The summed E-state index contributed by atoms with van der Waals surface area (Å²) in [5.74, 6) is 0. The lowest BCUT2D eigenvalue weighted by molar-refractivity contribution is -0.633. The first-order valence-corrected chi connectivity index (χ1v) is 18.8. The fraction of sp³-hybridized carbons (Fsp3) is 0.140. The van der Waals surface area contributed by atoms with E-state index in [1.54, 1.807) is 0 Å². The smallest absolute Gasteiger partial charge is 0.269 e. The molecule has 1 atom stereocenters. The van der Waals surface area contributed by atoms with Crippen molar-refractivity contribution < 1.29 is 5.32 Å². The maximum absolute atomic E-state index is 5.64. The van der Waals surface area contributed by atoms with E-state index in [0.29, 0.717) is 0 Å². The topological polar surface area (TPSA) is 33.9 Å². The lowest BCUT2D eigenvalue weighted by Gasteiger charge is -2.25. The quantitative estimate of drug-likeness (QED) is 0.180. The van der Waals surface area contributed by atoms with Gasteiger partial charge in [-0.15, -0.1) is 0 Å². The Labute approximate surface area is 310 Å². The van der Waals surface area contributed by atoms with Crippen LogP contribution in [0.5, 0.6) is 0 Å². The Bertz CT molecular complexity index is 2880. The number of quaternary nitrogens is 1. The van der Waals surface area contributed by atoms with E-state index in [0.717, 1.165) is 5.71 Å². The molecule has 1 aliphatic heterocycles. The Hall–Kier alpha value is -6.03. The van der Waals surface area contributed by atoms with Crippen molar-refractivity contribution in [3.8, 4) is 33.4 Å². The summed E-state index contributed by atoms with van der Waals surface area (Å²) in [5.41, 5.74) is 20.3. The maximum Gasteiger partial charge on any atom is 0.269 e. The Balaban J connectivity index is 1.06. The summed E-state index contributed by atoms with van der Waals surface area (Å²) >= 11 is 0. The molecule has 0 saturated heterocycles. The minimum Gasteiger partial charge on any atom is -0.274 e. The van der Waals surface area contributed by atoms with Gasteiger partial charge in [-0.25, -0.2) is 4.99 Å². The molecule has 254 valence electrons. The van der Waals surface area contributed by atoms with Crippen LogP contribution in [0.3, 0.4) is 0 Å². The van der Waals surface area contributed by atoms with Crippen molar-refractivity contribution in [1.29, 1.82) is 0 Å². The van der Waals surface area contributed by atoms with Gasteiger partial charge in [0.25, 0.3) is 6.29 Å². The van der Waals surface area contributed by atoms with Gasteiger partial charge in [0.05, 0.1) is 22.3 Å². The van der Waals surface area contributed by atoms with Crippen LogP contribution < -0.4 is 5.32 Å². The molecule has 3 aliphatic rings. The number of nitrogens with two attached hydrogens (primary N) is 1. The van der Waals surface area contributed by atoms with E-state index in [4.69, 9.17) is 4.99 Å². The normalized spacial score (nSPS) is 17.2. The standard InChI is InChI=1S/C50H39N3/c1-49(2)41-18-10-6-14-34(41)38-27-30(22-25-42(38)49)31-23-26-46-39(28-31)36-15-8-12-20-45(36)53(46)48-51-44-19-11-7-16-37(44)47(52-48)32-21-24-35-33-13-5-9-17-40(33)50(3,4)43(35)29-32/h5-29,48,51H,1-4H3/p+1. The summed E-state index contributed by atoms with van der Waals surface area (Å²) in [6.07, 6.45) is -0.203. The number of aliphatic imine (C=N–C) groups is 1. The maximum atomic E-state index is 5.64. The minimum atomic E-state index is -0.203. The van der Waals surface area contributed by atoms with Crippen molar-refractivity contribution >= 4 is 33.2 Å². The van der Waals surface area contributed by atoms with Gasteiger partial charge in [0, 0.05) is 27.2 Å². The van der Waals surface area contributed by atoms with Crippen molar-refractivity contribution in [1.82, 2.24) is 4.57 Å². The van der Waals surface area contributed by atoms with E-state index in [9.17, 15) is 0 Å². The zero-order chi connectivity index (χ0) is 35.6. The van der Waals surface area contributed by atoms with Gasteiger partial charge in [0.2, 0.25) is 0 Å². The van der Waals surface area contributed by atoms with Gasteiger partial charge < -0.3 is 0 Å². The fourth-order valence-electron chi connectivity index (χ4n) is 9.84. The van der Waals surface area contributed by atoms with Crippen LogP contribution in [0, 0.1) is 0 Å². The highest BCUT2D eigenvalue weighted by Crippen LogP contribution is 2.51. The van der Waals surface area contributed by atoms with Gasteiger partial charge in [0.1, 0.15) is 5.69 Å². The lowest BCUT2D eigenvalue weighted by atomic mass is 9.81. The summed E-state index contributed by atoms with van der Waals surface area (Å²) in [7, 11) is 0. The Morgan fingerprint density at radius 2 is 1.02 bits per heavy atom. The molecule has 2 heterocycles. The van der Waals surface area contributed by atoms with E-state index in [1.165, 1.54) is 94.3 Å². The van der Waals surface area contributed by atoms with Crippen LogP contribution in [0.25, 0.3) is 55.2 Å². The highest BCUT2D eigenvalue weighted by atomic mass is 15.3. The first kappa shape index (κ1) is 30.6. The Morgan fingerprint density at radius 1 is 0.453 bits per heavy atom. The number of benzene rings is 7. The van der Waals surface area contributed by atoms with Crippen LogP contribution in [-0.2, 0) is 10.8 Å². The monoisotopic (exact) mass is 682 g/mol. The SMILES string of the molecule is CC1(C)c2ccccc2-c2cc(-c3ccc4c(c3)c3ccccc3n4C3N=C(c4ccc5c(c4)C(C)(C)c4ccccc4-5)c4ccccc4[NH2+]3)ccc21. The second kappa shape index (κ2) is 10.8. The molecule has 1 aromatic heterocycles. The average molecular weight is 683 g/mol. The third kappa shape index (κ3) is 4.23. The van der Waals surface area contributed by atoms with Crippen molar-refractivity contribution in [2.75, 3.05) is 0 Å². The first-order chi connectivity index (χ1) is 25.8. The van der Waals surface area contributed by atoms with Gasteiger partial charge in [-0.1, -0.05) is 137 Å². The number of fused-ring (bicyclic) bond motifs is 10. The number of para-hydroxylation sites is 2. The van der Waals surface area contributed by atoms with Crippen LogP contribution in [-0.4, -0.2) is 10.3 Å². The Kier molecular flexibility index (Phi) is 6.21. The van der Waals surface area contributed by atoms with Crippen molar-refractivity contribution in [3.05, 3.63) is 185 Å². The van der Waals surface area contributed by atoms with E-state index < -0.39 is 0 Å². The molecule has 2 aliphatic carbocycles. The number of rotatable bonds is 3. The van der Waals surface area contributed by atoms with Gasteiger partial charge in [-0.2, -0.15) is 0 Å². The molecule has 3 heteroatoms. The summed E-state index contributed by atoms with van der Waals surface area (Å²) in [6.45, 7) is 9.39. The molecule has 3 nitrogen and oxygen atoms in total. The van der Waals surface area contributed by atoms with Gasteiger partial charge >= 0.3 is 0 Å². The number of aromatic nitrogens is 1. The van der Waals surface area contributed by atoms with Crippen LogP contribution in [0.4, 0.5) is 5.69 Å². The highest BCUT2D eigenvalue weighted by molar-refractivity contribution is 6.16.